The van der Waals surface area contributed by atoms with Gasteiger partial charge in [-0.1, -0.05) is 12.1 Å². The van der Waals surface area contributed by atoms with Crippen LogP contribution in [0.2, 0.25) is 0 Å². The lowest BCUT2D eigenvalue weighted by Crippen LogP contribution is -1.87. The summed E-state index contributed by atoms with van der Waals surface area (Å²) in [6.07, 6.45) is 0. The highest BCUT2D eigenvalue weighted by atomic mass is 16.5. The Balaban J connectivity index is 2.56. The monoisotopic (exact) mass is 228 g/mol. The number of nitrogens with two attached hydrogens (primary N) is 1. The first kappa shape index (κ1) is 11.1. The lowest BCUT2D eigenvalue weighted by atomic mass is 10.0. The van der Waals surface area contributed by atoms with Crippen molar-refractivity contribution in [2.24, 2.45) is 0 Å². The number of hydrogen-bond acceptors (Lipinski definition) is 4. The number of nitrogens with zero attached hydrogens (tertiary/aromatic N) is 1. The minimum atomic E-state index is 0.163. The molecule has 0 radical (unpaired) electrons. The van der Waals surface area contributed by atoms with Gasteiger partial charge in [-0.3, -0.25) is 0 Å². The number of rotatable bonds is 2. The maximum atomic E-state index is 9.06. The van der Waals surface area contributed by atoms with Gasteiger partial charge in [0.2, 0.25) is 5.88 Å². The second-order valence-electron chi connectivity index (χ2n) is 3.61. The average molecular weight is 228 g/mol. The van der Waals surface area contributed by atoms with Crippen molar-refractivity contribution >= 4 is 5.88 Å². The van der Waals surface area contributed by atoms with Crippen molar-refractivity contribution in [3.63, 3.8) is 0 Å². The van der Waals surface area contributed by atoms with Crippen LogP contribution >= 0.6 is 0 Å². The summed E-state index contributed by atoms with van der Waals surface area (Å²) in [5, 5.41) is 9.06. The maximum absolute atomic E-state index is 9.06. The molecule has 4 heteroatoms. The third-order valence-electron chi connectivity index (χ3n) is 2.60. The standard InChI is InChI=1S/C13H12N2O2/c1-8-12(11(7-14)13(15)17-8)9-3-5-10(16-2)6-4-9/h3-6H,15H2,1-2H3. The van der Waals surface area contributed by atoms with Crippen molar-refractivity contribution in [1.29, 1.82) is 5.26 Å². The van der Waals surface area contributed by atoms with Crippen molar-refractivity contribution in [2.75, 3.05) is 12.8 Å². The van der Waals surface area contributed by atoms with Crippen LogP contribution in [0.3, 0.4) is 0 Å². The van der Waals surface area contributed by atoms with Crippen molar-refractivity contribution < 1.29 is 9.15 Å². The molecule has 0 aliphatic heterocycles. The Labute approximate surface area is 99.2 Å². The van der Waals surface area contributed by atoms with Crippen molar-refractivity contribution in [1.82, 2.24) is 0 Å². The molecule has 1 aromatic carbocycles. The van der Waals surface area contributed by atoms with E-state index in [0.29, 0.717) is 11.3 Å². The number of hydrogen-bond donors (Lipinski definition) is 1. The minimum absolute atomic E-state index is 0.163. The zero-order chi connectivity index (χ0) is 12.4. The highest BCUT2D eigenvalue weighted by Crippen LogP contribution is 2.33. The molecule has 0 spiro atoms. The van der Waals surface area contributed by atoms with Crippen molar-refractivity contribution in [2.45, 2.75) is 6.92 Å². The maximum Gasteiger partial charge on any atom is 0.209 e. The van der Waals surface area contributed by atoms with Crippen LogP contribution < -0.4 is 10.5 Å². The zero-order valence-electron chi connectivity index (χ0n) is 9.65. The smallest absolute Gasteiger partial charge is 0.209 e. The fourth-order valence-electron chi connectivity index (χ4n) is 1.78. The molecule has 0 unspecified atom stereocenters. The summed E-state index contributed by atoms with van der Waals surface area (Å²) in [7, 11) is 1.61. The summed E-state index contributed by atoms with van der Waals surface area (Å²) in [6, 6.07) is 9.47. The molecular weight excluding hydrogens is 216 g/mol. The number of furan rings is 1. The zero-order valence-corrected chi connectivity index (χ0v) is 9.65. The van der Waals surface area contributed by atoms with E-state index in [1.54, 1.807) is 14.0 Å². The van der Waals surface area contributed by atoms with Gasteiger partial charge >= 0.3 is 0 Å². The third-order valence-corrected chi connectivity index (χ3v) is 2.60. The van der Waals surface area contributed by atoms with E-state index in [2.05, 4.69) is 6.07 Å². The van der Waals surface area contributed by atoms with Gasteiger partial charge in [0.15, 0.2) is 0 Å². The second-order valence-corrected chi connectivity index (χ2v) is 3.61. The Morgan fingerprint density at radius 1 is 1.29 bits per heavy atom. The molecule has 0 aliphatic carbocycles. The molecule has 0 amide bonds. The number of ether oxygens (including phenoxy) is 1. The Bertz CT molecular complexity index is 577. The topological polar surface area (TPSA) is 72.2 Å². The average Bonchev–Trinajstić information content (AvgIpc) is 2.63. The van der Waals surface area contributed by atoms with Crippen LogP contribution in [0, 0.1) is 18.3 Å². The van der Waals surface area contributed by atoms with Crippen LogP contribution in [0.5, 0.6) is 5.75 Å². The number of anilines is 1. The van der Waals surface area contributed by atoms with Gasteiger partial charge < -0.3 is 14.9 Å². The van der Waals surface area contributed by atoms with E-state index in [0.717, 1.165) is 16.9 Å². The van der Waals surface area contributed by atoms with Gasteiger partial charge in [0.05, 0.1) is 7.11 Å². The first-order valence-electron chi connectivity index (χ1n) is 5.10. The summed E-state index contributed by atoms with van der Waals surface area (Å²) in [5.74, 6) is 1.57. The lowest BCUT2D eigenvalue weighted by Gasteiger charge is -2.02. The van der Waals surface area contributed by atoms with Gasteiger partial charge in [0.1, 0.15) is 23.1 Å². The first-order valence-corrected chi connectivity index (χ1v) is 5.10. The van der Waals surface area contributed by atoms with E-state index < -0.39 is 0 Å². The number of methoxy groups -OCH3 is 1. The predicted octanol–water partition coefficient (Wildman–Crippen LogP) is 2.72. The normalized spacial score (nSPS) is 9.94. The predicted molar refractivity (Wildman–Crippen MR) is 64.6 cm³/mol. The number of nitrogen functional groups attached to an aromatic ring is 1. The minimum Gasteiger partial charge on any atom is -0.497 e. The van der Waals surface area contributed by atoms with Crippen molar-refractivity contribution in [3.05, 3.63) is 35.6 Å². The molecule has 0 aliphatic rings. The molecule has 1 aromatic heterocycles. The van der Waals surface area contributed by atoms with E-state index >= 15 is 0 Å². The molecule has 0 saturated heterocycles. The summed E-state index contributed by atoms with van der Waals surface area (Å²) >= 11 is 0. The molecule has 2 rings (SSSR count). The second kappa shape index (κ2) is 4.22. The van der Waals surface area contributed by atoms with Crippen molar-refractivity contribution in [3.8, 4) is 22.9 Å². The molecule has 4 nitrogen and oxygen atoms in total. The Kier molecular flexibility index (Phi) is 2.75. The van der Waals surface area contributed by atoms with E-state index in [4.69, 9.17) is 20.1 Å². The summed E-state index contributed by atoms with van der Waals surface area (Å²) in [5.41, 5.74) is 7.65. The summed E-state index contributed by atoms with van der Waals surface area (Å²) < 4.78 is 10.4. The van der Waals surface area contributed by atoms with E-state index in [1.165, 1.54) is 0 Å². The quantitative estimate of drug-likeness (QED) is 0.857. The first-order chi connectivity index (χ1) is 8.17. The summed E-state index contributed by atoms with van der Waals surface area (Å²) in [6.45, 7) is 1.79. The molecule has 2 aromatic rings. The SMILES string of the molecule is COc1ccc(-c2c(C)oc(N)c2C#N)cc1. The molecule has 1 heterocycles. The van der Waals surface area contributed by atoms with Gasteiger partial charge in [0, 0.05) is 5.56 Å². The van der Waals surface area contributed by atoms with E-state index in [-0.39, 0.29) is 5.88 Å². The van der Waals surface area contributed by atoms with Gasteiger partial charge in [-0.25, -0.2) is 0 Å². The Morgan fingerprint density at radius 3 is 2.47 bits per heavy atom. The number of nitriles is 1. The molecule has 17 heavy (non-hydrogen) atoms. The number of aryl methyl sites for hydroxylation is 1. The highest BCUT2D eigenvalue weighted by Gasteiger charge is 2.16. The Hall–Kier alpha value is -2.41. The fraction of sp³-hybridized carbons (Fsp3) is 0.154. The van der Waals surface area contributed by atoms with Crippen LogP contribution in [-0.2, 0) is 0 Å². The van der Waals surface area contributed by atoms with Gasteiger partial charge in [-0.05, 0) is 24.6 Å². The van der Waals surface area contributed by atoms with Crippen LogP contribution in [0.15, 0.2) is 28.7 Å². The molecule has 86 valence electrons. The summed E-state index contributed by atoms with van der Waals surface area (Å²) in [4.78, 5) is 0. The molecule has 0 saturated carbocycles. The van der Waals surface area contributed by atoms with Crippen LogP contribution in [0.4, 0.5) is 5.88 Å². The molecule has 0 bridgehead atoms. The van der Waals surface area contributed by atoms with E-state index in [9.17, 15) is 0 Å². The van der Waals surface area contributed by atoms with Crippen LogP contribution in [0.1, 0.15) is 11.3 Å². The molecule has 0 fully saturated rings. The van der Waals surface area contributed by atoms with Gasteiger partial charge in [0.25, 0.3) is 0 Å². The van der Waals surface area contributed by atoms with Gasteiger partial charge in [-0.2, -0.15) is 5.26 Å². The fourth-order valence-corrected chi connectivity index (χ4v) is 1.78. The number of benzene rings is 1. The van der Waals surface area contributed by atoms with Crippen LogP contribution in [0.25, 0.3) is 11.1 Å². The molecule has 2 N–H and O–H groups in total. The van der Waals surface area contributed by atoms with E-state index in [1.807, 2.05) is 24.3 Å². The van der Waals surface area contributed by atoms with Crippen LogP contribution in [-0.4, -0.2) is 7.11 Å². The Morgan fingerprint density at radius 2 is 1.94 bits per heavy atom. The molecular formula is C13H12N2O2. The third kappa shape index (κ3) is 1.83. The highest BCUT2D eigenvalue weighted by molar-refractivity contribution is 5.77. The largest absolute Gasteiger partial charge is 0.497 e. The van der Waals surface area contributed by atoms with Gasteiger partial charge in [-0.15, -0.1) is 0 Å². The lowest BCUT2D eigenvalue weighted by molar-refractivity contribution is 0.415. The molecule has 0 atom stereocenters.